The smallest absolute Gasteiger partial charge is 0.339 e. The molecular formula is C22H25FN2O5S. The lowest BCUT2D eigenvalue weighted by molar-refractivity contribution is -0.123. The first-order valence-electron chi connectivity index (χ1n) is 10.1. The number of halogens is 1. The molecule has 166 valence electrons. The number of hydrogen-bond acceptors (Lipinski definition) is 5. The van der Waals surface area contributed by atoms with Crippen LogP contribution < -0.4 is 5.32 Å². The SMILES string of the molecule is Cc1ccc(S(=O)(=O)N2CCCCC2)cc1C(=O)OC(C)C(=O)Nc1ccc(F)cc1. The predicted octanol–water partition coefficient (Wildman–Crippen LogP) is 3.49. The molecule has 9 heteroatoms. The number of ether oxygens (including phenoxy) is 1. The van der Waals surface area contributed by atoms with Crippen LogP contribution in [0.15, 0.2) is 47.4 Å². The molecule has 0 radical (unpaired) electrons. The standard InChI is InChI=1S/C22H25FN2O5S/c1-15-6-11-19(31(28,29)25-12-4-3-5-13-25)14-20(15)22(27)30-16(2)21(26)24-18-9-7-17(23)8-10-18/h6-11,14,16H,3-5,12-13H2,1-2H3,(H,24,26). The summed E-state index contributed by atoms with van der Waals surface area (Å²) in [6, 6.07) is 9.50. The maximum atomic E-state index is 13.0. The normalized spacial score (nSPS) is 15.8. The van der Waals surface area contributed by atoms with Crippen molar-refractivity contribution in [2.75, 3.05) is 18.4 Å². The van der Waals surface area contributed by atoms with Crippen molar-refractivity contribution in [1.29, 1.82) is 0 Å². The zero-order chi connectivity index (χ0) is 22.6. The monoisotopic (exact) mass is 448 g/mol. The Kier molecular flexibility index (Phi) is 7.07. The molecule has 3 rings (SSSR count). The largest absolute Gasteiger partial charge is 0.449 e. The number of rotatable bonds is 6. The van der Waals surface area contributed by atoms with Gasteiger partial charge < -0.3 is 10.1 Å². The Morgan fingerprint density at radius 1 is 1.06 bits per heavy atom. The van der Waals surface area contributed by atoms with Crippen LogP contribution in [0.25, 0.3) is 0 Å². The predicted molar refractivity (Wildman–Crippen MR) is 114 cm³/mol. The Bertz CT molecular complexity index is 1060. The molecule has 1 amide bonds. The van der Waals surface area contributed by atoms with E-state index in [0.29, 0.717) is 24.3 Å². The molecule has 0 saturated carbocycles. The minimum absolute atomic E-state index is 0.0235. The minimum atomic E-state index is -3.71. The third-order valence-corrected chi connectivity index (χ3v) is 7.04. The van der Waals surface area contributed by atoms with Crippen LogP contribution in [0.5, 0.6) is 0 Å². The summed E-state index contributed by atoms with van der Waals surface area (Å²) < 4.78 is 45.5. The van der Waals surface area contributed by atoms with Crippen LogP contribution in [0, 0.1) is 12.7 Å². The number of esters is 1. The minimum Gasteiger partial charge on any atom is -0.449 e. The van der Waals surface area contributed by atoms with Crippen LogP contribution in [0.1, 0.15) is 42.1 Å². The lowest BCUT2D eigenvalue weighted by Crippen LogP contribution is -2.35. The van der Waals surface area contributed by atoms with E-state index in [-0.39, 0.29) is 10.5 Å². The molecule has 1 heterocycles. The quantitative estimate of drug-likeness (QED) is 0.683. The Morgan fingerprint density at radius 3 is 2.35 bits per heavy atom. The number of hydrogen-bond donors (Lipinski definition) is 1. The number of carbonyl (C=O) groups excluding carboxylic acids is 2. The third kappa shape index (κ3) is 5.48. The van der Waals surface area contributed by atoms with Crippen LogP contribution in [0.3, 0.4) is 0 Å². The maximum absolute atomic E-state index is 13.0. The third-order valence-electron chi connectivity index (χ3n) is 5.15. The molecular weight excluding hydrogens is 423 g/mol. The van der Waals surface area contributed by atoms with Crippen molar-refractivity contribution in [1.82, 2.24) is 4.31 Å². The van der Waals surface area contributed by atoms with E-state index in [9.17, 15) is 22.4 Å². The van der Waals surface area contributed by atoms with Crippen molar-refractivity contribution in [3.05, 3.63) is 59.4 Å². The number of piperidine rings is 1. The number of carbonyl (C=O) groups is 2. The van der Waals surface area contributed by atoms with Crippen molar-refractivity contribution in [2.24, 2.45) is 0 Å². The summed E-state index contributed by atoms with van der Waals surface area (Å²) in [4.78, 5) is 25.0. The van der Waals surface area contributed by atoms with Crippen molar-refractivity contribution in [3.8, 4) is 0 Å². The van der Waals surface area contributed by atoms with E-state index in [1.807, 2.05) is 0 Å². The Hall–Kier alpha value is -2.78. The molecule has 1 N–H and O–H groups in total. The van der Waals surface area contributed by atoms with Crippen molar-refractivity contribution in [3.63, 3.8) is 0 Å². The molecule has 0 spiro atoms. The lowest BCUT2D eigenvalue weighted by atomic mass is 10.1. The highest BCUT2D eigenvalue weighted by Crippen LogP contribution is 2.23. The van der Waals surface area contributed by atoms with Gasteiger partial charge in [0.25, 0.3) is 5.91 Å². The second kappa shape index (κ2) is 9.57. The number of aryl methyl sites for hydroxylation is 1. The zero-order valence-corrected chi connectivity index (χ0v) is 18.2. The number of sulfonamides is 1. The molecule has 1 aliphatic rings. The van der Waals surface area contributed by atoms with E-state index in [1.165, 1.54) is 47.6 Å². The Labute approximate surface area is 181 Å². The highest BCUT2D eigenvalue weighted by molar-refractivity contribution is 7.89. The summed E-state index contributed by atoms with van der Waals surface area (Å²) in [5.74, 6) is -1.82. The maximum Gasteiger partial charge on any atom is 0.339 e. The zero-order valence-electron chi connectivity index (χ0n) is 17.4. The van der Waals surface area contributed by atoms with Gasteiger partial charge in [0.1, 0.15) is 5.82 Å². The molecule has 0 aromatic heterocycles. The van der Waals surface area contributed by atoms with Crippen LogP contribution in [-0.2, 0) is 19.6 Å². The van der Waals surface area contributed by atoms with E-state index in [2.05, 4.69) is 5.32 Å². The van der Waals surface area contributed by atoms with E-state index in [4.69, 9.17) is 4.74 Å². The van der Waals surface area contributed by atoms with Crippen LogP contribution in [0.2, 0.25) is 0 Å². The van der Waals surface area contributed by atoms with Crippen LogP contribution in [0.4, 0.5) is 10.1 Å². The van der Waals surface area contributed by atoms with E-state index in [0.717, 1.165) is 19.3 Å². The van der Waals surface area contributed by atoms with E-state index >= 15 is 0 Å². The van der Waals surface area contributed by atoms with Gasteiger partial charge in [-0.25, -0.2) is 17.6 Å². The molecule has 1 aliphatic heterocycles. The van der Waals surface area contributed by atoms with Gasteiger partial charge in [0.15, 0.2) is 6.10 Å². The molecule has 2 aromatic rings. The number of amides is 1. The molecule has 1 saturated heterocycles. The molecule has 0 bridgehead atoms. The van der Waals surface area contributed by atoms with E-state index in [1.54, 1.807) is 13.0 Å². The lowest BCUT2D eigenvalue weighted by Gasteiger charge is -2.26. The number of nitrogens with zero attached hydrogens (tertiary/aromatic N) is 1. The number of benzene rings is 2. The molecule has 7 nitrogen and oxygen atoms in total. The van der Waals surface area contributed by atoms with Gasteiger partial charge in [0.05, 0.1) is 10.5 Å². The average molecular weight is 449 g/mol. The fourth-order valence-corrected chi connectivity index (χ4v) is 4.83. The average Bonchev–Trinajstić information content (AvgIpc) is 2.76. The van der Waals surface area contributed by atoms with Gasteiger partial charge in [-0.05, 0) is 68.7 Å². The summed E-state index contributed by atoms with van der Waals surface area (Å²) in [6.07, 6.45) is 1.47. The van der Waals surface area contributed by atoms with Gasteiger partial charge in [0.2, 0.25) is 10.0 Å². The molecule has 31 heavy (non-hydrogen) atoms. The topological polar surface area (TPSA) is 92.8 Å². The molecule has 1 atom stereocenters. The summed E-state index contributed by atoms with van der Waals surface area (Å²) in [5.41, 5.74) is 0.980. The van der Waals surface area contributed by atoms with Crippen LogP contribution >= 0.6 is 0 Å². The first-order valence-corrected chi connectivity index (χ1v) is 11.5. The first-order chi connectivity index (χ1) is 14.7. The summed E-state index contributed by atoms with van der Waals surface area (Å²) in [6.45, 7) is 3.98. The molecule has 2 aromatic carbocycles. The highest BCUT2D eigenvalue weighted by Gasteiger charge is 2.28. The van der Waals surface area contributed by atoms with Gasteiger partial charge in [-0.15, -0.1) is 0 Å². The van der Waals surface area contributed by atoms with Gasteiger partial charge in [-0.3, -0.25) is 4.79 Å². The van der Waals surface area contributed by atoms with Crippen LogP contribution in [-0.4, -0.2) is 43.8 Å². The van der Waals surface area contributed by atoms with Gasteiger partial charge in [-0.1, -0.05) is 12.5 Å². The molecule has 1 fully saturated rings. The Balaban J connectivity index is 1.72. The Morgan fingerprint density at radius 2 is 1.71 bits per heavy atom. The first kappa shape index (κ1) is 22.9. The van der Waals surface area contributed by atoms with Gasteiger partial charge >= 0.3 is 5.97 Å². The summed E-state index contributed by atoms with van der Waals surface area (Å²) >= 11 is 0. The van der Waals surface area contributed by atoms with Gasteiger partial charge in [0, 0.05) is 18.8 Å². The van der Waals surface area contributed by atoms with Crippen molar-refractivity contribution >= 4 is 27.6 Å². The fraction of sp³-hybridized carbons (Fsp3) is 0.364. The van der Waals surface area contributed by atoms with E-state index < -0.39 is 33.8 Å². The number of nitrogens with one attached hydrogen (secondary N) is 1. The second-order valence-corrected chi connectivity index (χ2v) is 9.42. The van der Waals surface area contributed by atoms with Crippen molar-refractivity contribution in [2.45, 2.75) is 44.1 Å². The fourth-order valence-electron chi connectivity index (χ4n) is 3.29. The molecule has 0 aliphatic carbocycles. The summed E-state index contributed by atoms with van der Waals surface area (Å²) in [5, 5.41) is 2.53. The summed E-state index contributed by atoms with van der Waals surface area (Å²) in [7, 11) is -3.71. The second-order valence-electron chi connectivity index (χ2n) is 7.49. The number of anilines is 1. The molecule has 1 unspecified atom stereocenters. The highest BCUT2D eigenvalue weighted by atomic mass is 32.2. The van der Waals surface area contributed by atoms with Crippen molar-refractivity contribution < 1.29 is 27.1 Å². The van der Waals surface area contributed by atoms with Gasteiger partial charge in [-0.2, -0.15) is 4.31 Å².